The smallest absolute Gasteiger partial charge is 0.406 e. The van der Waals surface area contributed by atoms with E-state index in [0.717, 1.165) is 25.7 Å². The minimum atomic E-state index is -0.730. The Morgan fingerprint density at radius 1 is 1.27 bits per heavy atom. The van der Waals surface area contributed by atoms with Crippen LogP contribution in [-0.2, 0) is 19.0 Å². The summed E-state index contributed by atoms with van der Waals surface area (Å²) in [5.74, 6) is -0.824. The number of nitro groups is 1. The Labute approximate surface area is 217 Å². The van der Waals surface area contributed by atoms with E-state index in [-0.39, 0.29) is 41.0 Å². The minimum Gasteiger partial charge on any atom is -0.474 e. The van der Waals surface area contributed by atoms with E-state index in [0.29, 0.717) is 24.5 Å². The molecule has 1 aromatic rings. The van der Waals surface area contributed by atoms with Gasteiger partial charge in [0, 0.05) is 5.41 Å². The maximum absolute atomic E-state index is 12.6. The largest absolute Gasteiger partial charge is 0.474 e. The van der Waals surface area contributed by atoms with E-state index in [4.69, 9.17) is 18.9 Å². The van der Waals surface area contributed by atoms with Gasteiger partial charge in [0.05, 0.1) is 18.3 Å². The SMILES string of the molecule is C=C1CC[C@@H]2[C@]3(C)COC(C)(C)O[C@@H]3CC[C@@]2(C)[C@@H]1C/C=C1/C(=O)OC[C@H]1Oc1cccnc1[N+](=O)[O-]. The van der Waals surface area contributed by atoms with Gasteiger partial charge in [0.2, 0.25) is 5.75 Å². The maximum atomic E-state index is 12.6. The molecule has 3 heterocycles. The van der Waals surface area contributed by atoms with Gasteiger partial charge in [-0.05, 0) is 85.2 Å². The fraction of sp³-hybridized carbons (Fsp3) is 0.643. The Kier molecular flexibility index (Phi) is 6.43. The molecule has 9 heteroatoms. The Morgan fingerprint density at radius 2 is 2.05 bits per heavy atom. The number of esters is 1. The van der Waals surface area contributed by atoms with Crippen LogP contribution in [0, 0.1) is 32.8 Å². The van der Waals surface area contributed by atoms with Crippen LogP contribution in [0.5, 0.6) is 5.75 Å². The summed E-state index contributed by atoms with van der Waals surface area (Å²) in [5.41, 5.74) is 1.48. The van der Waals surface area contributed by atoms with E-state index in [1.807, 2.05) is 19.9 Å². The summed E-state index contributed by atoms with van der Waals surface area (Å²) in [4.78, 5) is 27.2. The van der Waals surface area contributed by atoms with Crippen molar-refractivity contribution in [3.63, 3.8) is 0 Å². The van der Waals surface area contributed by atoms with Crippen molar-refractivity contribution >= 4 is 11.8 Å². The molecule has 4 aliphatic rings. The number of allylic oxidation sites excluding steroid dienone is 2. The zero-order valence-electron chi connectivity index (χ0n) is 22.0. The predicted molar refractivity (Wildman–Crippen MR) is 135 cm³/mol. The second-order valence-corrected chi connectivity index (χ2v) is 11.8. The molecule has 0 radical (unpaired) electrons. The fourth-order valence-corrected chi connectivity index (χ4v) is 7.28. The second kappa shape index (κ2) is 9.20. The minimum absolute atomic E-state index is 0.00638. The number of hydrogen-bond acceptors (Lipinski definition) is 8. The van der Waals surface area contributed by atoms with Crippen LogP contribution in [0.25, 0.3) is 0 Å². The molecule has 0 spiro atoms. The highest BCUT2D eigenvalue weighted by atomic mass is 16.7. The van der Waals surface area contributed by atoms with Crippen LogP contribution >= 0.6 is 0 Å². The molecule has 2 saturated carbocycles. The molecule has 4 fully saturated rings. The third-order valence-electron chi connectivity index (χ3n) is 9.19. The lowest BCUT2D eigenvalue weighted by atomic mass is 9.46. The molecule has 5 rings (SSSR count). The summed E-state index contributed by atoms with van der Waals surface area (Å²) < 4.78 is 23.7. The molecular formula is C28H36N2O7. The molecule has 2 aliphatic carbocycles. The topological polar surface area (TPSA) is 110 Å². The van der Waals surface area contributed by atoms with Crippen molar-refractivity contribution in [3.8, 4) is 5.75 Å². The van der Waals surface area contributed by atoms with Crippen LogP contribution in [0.15, 0.2) is 42.1 Å². The highest BCUT2D eigenvalue weighted by molar-refractivity contribution is 5.91. The normalized spacial score (nSPS) is 38.0. The van der Waals surface area contributed by atoms with Gasteiger partial charge in [0.15, 0.2) is 11.9 Å². The van der Waals surface area contributed by atoms with E-state index in [1.165, 1.54) is 17.8 Å². The zero-order valence-corrected chi connectivity index (χ0v) is 22.0. The molecule has 1 aromatic heterocycles. The number of carbonyl (C=O) groups excluding carboxylic acids is 1. The summed E-state index contributed by atoms with van der Waals surface area (Å²) >= 11 is 0. The van der Waals surface area contributed by atoms with Crippen LogP contribution in [0.2, 0.25) is 0 Å². The van der Waals surface area contributed by atoms with Crippen molar-refractivity contribution in [1.82, 2.24) is 4.98 Å². The van der Waals surface area contributed by atoms with E-state index < -0.39 is 22.8 Å². The molecule has 2 saturated heterocycles. The van der Waals surface area contributed by atoms with Gasteiger partial charge >= 0.3 is 11.8 Å². The Bertz CT molecular complexity index is 1150. The molecule has 6 atom stereocenters. The molecule has 37 heavy (non-hydrogen) atoms. The van der Waals surface area contributed by atoms with Crippen molar-refractivity contribution in [2.75, 3.05) is 13.2 Å². The monoisotopic (exact) mass is 512 g/mol. The van der Waals surface area contributed by atoms with E-state index in [9.17, 15) is 14.9 Å². The summed E-state index contributed by atoms with van der Waals surface area (Å²) in [7, 11) is 0. The number of hydrogen-bond donors (Lipinski definition) is 0. The Hall–Kier alpha value is -2.78. The highest BCUT2D eigenvalue weighted by Crippen LogP contribution is 2.63. The fourth-order valence-electron chi connectivity index (χ4n) is 7.28. The number of pyridine rings is 1. The summed E-state index contributed by atoms with van der Waals surface area (Å²) in [6.45, 7) is 13.7. The second-order valence-electron chi connectivity index (χ2n) is 11.8. The predicted octanol–water partition coefficient (Wildman–Crippen LogP) is 5.15. The van der Waals surface area contributed by atoms with E-state index >= 15 is 0 Å². The molecular weight excluding hydrogens is 476 g/mol. The van der Waals surface area contributed by atoms with Gasteiger partial charge in [0.25, 0.3) is 0 Å². The van der Waals surface area contributed by atoms with Gasteiger partial charge in [-0.1, -0.05) is 32.1 Å². The van der Waals surface area contributed by atoms with Gasteiger partial charge in [-0.3, -0.25) is 0 Å². The Balaban J connectivity index is 1.38. The van der Waals surface area contributed by atoms with Crippen LogP contribution in [0.3, 0.4) is 0 Å². The molecule has 0 unspecified atom stereocenters. The lowest BCUT2D eigenvalue weighted by Crippen LogP contribution is -2.62. The van der Waals surface area contributed by atoms with Crippen LogP contribution < -0.4 is 4.74 Å². The average molecular weight is 513 g/mol. The van der Waals surface area contributed by atoms with Gasteiger partial charge in [-0.25, -0.2) is 4.79 Å². The molecule has 0 aromatic carbocycles. The van der Waals surface area contributed by atoms with Crippen LogP contribution in [-0.4, -0.2) is 47.1 Å². The number of rotatable bonds is 5. The molecule has 9 nitrogen and oxygen atoms in total. The standard InChI is InChI=1S/C28H36N2O7/c1-17-8-11-22-27(4,13-12-23-28(22,5)16-35-26(2,3)37-23)19(17)10-9-18-21(15-34-25(18)31)36-20-7-6-14-29-24(20)30(32)33/h6-7,9,14,19,21-23H,1,8,10-13,15-16H2,2-5H3/b18-9+/t19-,21-,22+,23-,27+,28+/m1/s1. The summed E-state index contributed by atoms with van der Waals surface area (Å²) in [5, 5.41) is 11.4. The molecule has 0 N–H and O–H groups in total. The third-order valence-corrected chi connectivity index (χ3v) is 9.19. The number of ether oxygens (including phenoxy) is 4. The lowest BCUT2D eigenvalue weighted by molar-refractivity contribution is -0.390. The van der Waals surface area contributed by atoms with Crippen molar-refractivity contribution in [3.05, 3.63) is 52.2 Å². The van der Waals surface area contributed by atoms with Gasteiger partial charge in [-0.2, -0.15) is 0 Å². The first-order valence-electron chi connectivity index (χ1n) is 13.1. The molecule has 2 aliphatic heterocycles. The van der Waals surface area contributed by atoms with Crippen molar-refractivity contribution in [2.24, 2.45) is 22.7 Å². The van der Waals surface area contributed by atoms with Gasteiger partial charge in [-0.15, -0.1) is 0 Å². The lowest BCUT2D eigenvalue weighted by Gasteiger charge is -2.63. The number of carbonyl (C=O) groups is 1. The van der Waals surface area contributed by atoms with Crippen molar-refractivity contribution in [1.29, 1.82) is 0 Å². The number of aromatic nitrogens is 1. The van der Waals surface area contributed by atoms with E-state index in [2.05, 4.69) is 25.4 Å². The van der Waals surface area contributed by atoms with Crippen LogP contribution in [0.1, 0.15) is 59.8 Å². The zero-order chi connectivity index (χ0) is 26.6. The highest BCUT2D eigenvalue weighted by Gasteiger charge is 2.60. The van der Waals surface area contributed by atoms with E-state index in [1.54, 1.807) is 6.07 Å². The quantitative estimate of drug-likeness (QED) is 0.175. The third kappa shape index (κ3) is 4.46. The molecule has 200 valence electrons. The summed E-state index contributed by atoms with van der Waals surface area (Å²) in [6, 6.07) is 3.04. The number of cyclic esters (lactones) is 1. The van der Waals surface area contributed by atoms with Crippen LogP contribution in [0.4, 0.5) is 5.82 Å². The first kappa shape index (κ1) is 25.9. The number of nitrogens with zero attached hydrogens (tertiary/aromatic N) is 2. The van der Waals surface area contributed by atoms with Crippen molar-refractivity contribution < 1.29 is 28.7 Å². The maximum Gasteiger partial charge on any atom is 0.406 e. The van der Waals surface area contributed by atoms with Crippen molar-refractivity contribution in [2.45, 2.75) is 77.8 Å². The molecule has 0 bridgehead atoms. The number of fused-ring (bicyclic) bond motifs is 3. The average Bonchev–Trinajstić information content (AvgIpc) is 3.18. The molecule has 0 amide bonds. The van der Waals surface area contributed by atoms with Gasteiger partial charge < -0.3 is 29.1 Å². The van der Waals surface area contributed by atoms with Gasteiger partial charge in [0.1, 0.15) is 12.8 Å². The summed E-state index contributed by atoms with van der Waals surface area (Å²) in [6.07, 6.45) is 7.21. The first-order valence-corrected chi connectivity index (χ1v) is 13.1. The first-order chi connectivity index (χ1) is 17.4. The Morgan fingerprint density at radius 3 is 2.81 bits per heavy atom.